The van der Waals surface area contributed by atoms with Crippen LogP contribution in [0.4, 0.5) is 0 Å². The van der Waals surface area contributed by atoms with Crippen molar-refractivity contribution in [2.45, 2.75) is 52.6 Å². The van der Waals surface area contributed by atoms with Gasteiger partial charge in [-0.05, 0) is 42.4 Å². The van der Waals surface area contributed by atoms with E-state index in [4.69, 9.17) is 14.2 Å². The van der Waals surface area contributed by atoms with E-state index < -0.39 is 0 Å². The highest BCUT2D eigenvalue weighted by Crippen LogP contribution is 2.67. The maximum Gasteiger partial charge on any atom is 0.162 e. The average molecular weight is 310 g/mol. The fourth-order valence-corrected chi connectivity index (χ4v) is 5.59. The summed E-state index contributed by atoms with van der Waals surface area (Å²) in [6.07, 6.45) is 4.16. The molecule has 3 aliphatic carbocycles. The molecule has 0 aromatic carbocycles. The smallest absolute Gasteiger partial charge is 0.162 e. The minimum atomic E-state index is -0.274. The summed E-state index contributed by atoms with van der Waals surface area (Å²) in [6, 6.07) is 0. The monoisotopic (exact) mass is 310 g/mol. The molecule has 0 aromatic heterocycles. The van der Waals surface area contributed by atoms with Crippen LogP contribution in [0.2, 0.25) is 0 Å². The van der Waals surface area contributed by atoms with Crippen molar-refractivity contribution in [3.63, 3.8) is 0 Å². The number of Topliss-reactive ketones (excluding diaryl/α,β-unsaturated/α-hetero) is 1. The average Bonchev–Trinajstić information content (AvgIpc) is 2.95. The molecule has 0 radical (unpaired) electrons. The van der Waals surface area contributed by atoms with Crippen molar-refractivity contribution in [1.82, 2.24) is 0 Å². The molecule has 4 nitrogen and oxygen atoms in total. The first kappa shape index (κ1) is 16.4. The summed E-state index contributed by atoms with van der Waals surface area (Å²) < 4.78 is 16.3. The van der Waals surface area contributed by atoms with Crippen LogP contribution >= 0.6 is 0 Å². The molecule has 0 unspecified atom stereocenters. The van der Waals surface area contributed by atoms with Crippen LogP contribution in [0.25, 0.3) is 0 Å². The number of ketones is 1. The van der Waals surface area contributed by atoms with Gasteiger partial charge in [-0.1, -0.05) is 20.8 Å². The third-order valence-electron chi connectivity index (χ3n) is 6.48. The zero-order chi connectivity index (χ0) is 16.0. The van der Waals surface area contributed by atoms with Crippen molar-refractivity contribution < 1.29 is 19.0 Å². The van der Waals surface area contributed by atoms with E-state index in [9.17, 15) is 4.79 Å². The van der Waals surface area contributed by atoms with E-state index in [1.165, 1.54) is 19.3 Å². The van der Waals surface area contributed by atoms with E-state index in [-0.39, 0.29) is 24.1 Å². The second kappa shape index (κ2) is 5.88. The highest BCUT2D eigenvalue weighted by Gasteiger charge is 2.65. The third kappa shape index (κ3) is 2.63. The van der Waals surface area contributed by atoms with E-state index >= 15 is 0 Å². The Balaban J connectivity index is 1.66. The SMILES string of the molecule is COCCOCO[C@H]1C(=O)C[C@H]2C[C@@H]3CC(C)(C)C[C@@H]3[C@]21C. The van der Waals surface area contributed by atoms with E-state index in [0.29, 0.717) is 36.9 Å². The molecule has 5 atom stereocenters. The molecule has 0 N–H and O–H groups in total. The standard InChI is InChI=1S/C18H30O4/c1-17(2)9-12-7-13-8-15(19)16(18(13,3)14(12)10-17)22-11-21-6-5-20-4/h12-14,16H,5-11H2,1-4H3/t12-,13-,14+,16+,18+/m1/s1. The maximum atomic E-state index is 12.5. The lowest BCUT2D eigenvalue weighted by atomic mass is 9.71. The van der Waals surface area contributed by atoms with Gasteiger partial charge in [0.1, 0.15) is 12.9 Å². The molecule has 3 fully saturated rings. The Morgan fingerprint density at radius 2 is 1.95 bits per heavy atom. The van der Waals surface area contributed by atoms with Crippen molar-refractivity contribution in [1.29, 1.82) is 0 Å². The van der Waals surface area contributed by atoms with Crippen LogP contribution in [0.15, 0.2) is 0 Å². The van der Waals surface area contributed by atoms with Crippen LogP contribution in [0.3, 0.4) is 0 Å². The van der Waals surface area contributed by atoms with Gasteiger partial charge in [-0.3, -0.25) is 4.79 Å². The van der Waals surface area contributed by atoms with Crippen LogP contribution in [-0.4, -0.2) is 39.0 Å². The van der Waals surface area contributed by atoms with Crippen molar-refractivity contribution >= 4 is 5.78 Å². The number of hydrogen-bond donors (Lipinski definition) is 0. The molecule has 22 heavy (non-hydrogen) atoms. The fraction of sp³-hybridized carbons (Fsp3) is 0.944. The Bertz CT molecular complexity index is 433. The summed E-state index contributed by atoms with van der Waals surface area (Å²) in [5, 5.41) is 0. The van der Waals surface area contributed by atoms with Gasteiger partial charge in [-0.2, -0.15) is 0 Å². The first-order valence-corrected chi connectivity index (χ1v) is 8.59. The summed E-state index contributed by atoms with van der Waals surface area (Å²) in [7, 11) is 1.65. The lowest BCUT2D eigenvalue weighted by Crippen LogP contribution is -2.41. The Morgan fingerprint density at radius 3 is 2.68 bits per heavy atom. The molecule has 0 amide bonds. The molecule has 0 aliphatic heterocycles. The molecule has 4 heteroatoms. The first-order chi connectivity index (χ1) is 10.4. The first-order valence-electron chi connectivity index (χ1n) is 8.59. The van der Waals surface area contributed by atoms with E-state index in [1.807, 2.05) is 0 Å². The van der Waals surface area contributed by atoms with Gasteiger partial charge < -0.3 is 14.2 Å². The highest BCUT2D eigenvalue weighted by atomic mass is 16.7. The van der Waals surface area contributed by atoms with Crippen molar-refractivity contribution in [3.05, 3.63) is 0 Å². The summed E-state index contributed by atoms with van der Waals surface area (Å²) in [4.78, 5) is 12.5. The van der Waals surface area contributed by atoms with Crippen LogP contribution in [-0.2, 0) is 19.0 Å². The van der Waals surface area contributed by atoms with Gasteiger partial charge in [0.25, 0.3) is 0 Å². The Morgan fingerprint density at radius 1 is 1.18 bits per heavy atom. The number of carbonyl (C=O) groups is 1. The third-order valence-corrected chi connectivity index (χ3v) is 6.48. The summed E-state index contributed by atoms with van der Waals surface area (Å²) >= 11 is 0. The predicted molar refractivity (Wildman–Crippen MR) is 83.4 cm³/mol. The summed E-state index contributed by atoms with van der Waals surface area (Å²) in [6.45, 7) is 8.29. The van der Waals surface area contributed by atoms with Crippen LogP contribution in [0.5, 0.6) is 0 Å². The normalized spacial score (nSPS) is 42.6. The molecular formula is C18H30O4. The maximum absolute atomic E-state index is 12.5. The molecule has 0 bridgehead atoms. The number of fused-ring (bicyclic) bond motifs is 3. The van der Waals surface area contributed by atoms with Gasteiger partial charge in [-0.25, -0.2) is 0 Å². The largest absolute Gasteiger partial charge is 0.382 e. The fourth-order valence-electron chi connectivity index (χ4n) is 5.59. The molecule has 3 saturated carbocycles. The minimum Gasteiger partial charge on any atom is -0.382 e. The van der Waals surface area contributed by atoms with Crippen LogP contribution in [0, 0.1) is 28.6 Å². The summed E-state index contributed by atoms with van der Waals surface area (Å²) in [5.41, 5.74) is 0.425. The minimum absolute atomic E-state index is 0.0140. The second-order valence-electron chi connectivity index (χ2n) is 8.47. The van der Waals surface area contributed by atoms with Gasteiger partial charge in [0.15, 0.2) is 5.78 Å². The number of methoxy groups -OCH3 is 1. The van der Waals surface area contributed by atoms with E-state index in [1.54, 1.807) is 7.11 Å². The molecule has 3 aliphatic rings. The molecule has 0 aromatic rings. The molecule has 0 heterocycles. The molecular weight excluding hydrogens is 280 g/mol. The van der Waals surface area contributed by atoms with Crippen LogP contribution in [0.1, 0.15) is 46.5 Å². The van der Waals surface area contributed by atoms with Crippen molar-refractivity contribution in [3.8, 4) is 0 Å². The van der Waals surface area contributed by atoms with Gasteiger partial charge >= 0.3 is 0 Å². The zero-order valence-corrected chi connectivity index (χ0v) is 14.4. The molecule has 3 rings (SSSR count). The highest BCUT2D eigenvalue weighted by molar-refractivity contribution is 5.87. The quantitative estimate of drug-likeness (QED) is 0.559. The lowest BCUT2D eigenvalue weighted by molar-refractivity contribution is -0.156. The Kier molecular flexibility index (Phi) is 4.39. The topological polar surface area (TPSA) is 44.8 Å². The number of carbonyl (C=O) groups excluding carboxylic acids is 1. The molecule has 0 saturated heterocycles. The number of rotatable bonds is 6. The van der Waals surface area contributed by atoms with Crippen molar-refractivity contribution in [2.75, 3.05) is 27.1 Å². The molecule has 0 spiro atoms. The Hall–Kier alpha value is -0.450. The van der Waals surface area contributed by atoms with E-state index in [0.717, 1.165) is 5.92 Å². The predicted octanol–water partition coefficient (Wildman–Crippen LogP) is 3.04. The summed E-state index contributed by atoms with van der Waals surface area (Å²) in [5.74, 6) is 2.20. The second-order valence-corrected chi connectivity index (χ2v) is 8.47. The van der Waals surface area contributed by atoms with Crippen molar-refractivity contribution in [2.24, 2.45) is 28.6 Å². The van der Waals surface area contributed by atoms with E-state index in [2.05, 4.69) is 20.8 Å². The number of ether oxygens (including phenoxy) is 3. The number of hydrogen-bond acceptors (Lipinski definition) is 4. The zero-order valence-electron chi connectivity index (χ0n) is 14.4. The van der Waals surface area contributed by atoms with Gasteiger partial charge in [0.2, 0.25) is 0 Å². The van der Waals surface area contributed by atoms with Gasteiger partial charge in [0, 0.05) is 18.9 Å². The lowest BCUT2D eigenvalue weighted by Gasteiger charge is -2.37. The Labute approximate surface area is 133 Å². The van der Waals surface area contributed by atoms with Gasteiger partial charge in [-0.15, -0.1) is 0 Å². The van der Waals surface area contributed by atoms with Gasteiger partial charge in [0.05, 0.1) is 13.2 Å². The van der Waals surface area contributed by atoms with Crippen LogP contribution < -0.4 is 0 Å². The molecule has 126 valence electrons.